The standard InChI is InChI=1S/C9H7ClFNO3S/c1-6(5-12)15-8-3-2-7(11)4-9(8)16(10,13)14/h2-4,6H,1H3. The molecule has 0 N–H and O–H groups in total. The summed E-state index contributed by atoms with van der Waals surface area (Å²) >= 11 is 0. The molecule has 0 aliphatic heterocycles. The van der Waals surface area contributed by atoms with Crippen LogP contribution >= 0.6 is 10.7 Å². The van der Waals surface area contributed by atoms with Crippen molar-refractivity contribution in [3.8, 4) is 11.8 Å². The smallest absolute Gasteiger partial charge is 0.265 e. The van der Waals surface area contributed by atoms with E-state index in [2.05, 4.69) is 0 Å². The van der Waals surface area contributed by atoms with E-state index in [1.54, 1.807) is 6.07 Å². The molecule has 0 saturated heterocycles. The molecule has 1 aromatic rings. The topological polar surface area (TPSA) is 67.2 Å². The Hall–Kier alpha value is -1.32. The van der Waals surface area contributed by atoms with Crippen molar-refractivity contribution in [1.82, 2.24) is 0 Å². The number of hydrogen-bond acceptors (Lipinski definition) is 4. The van der Waals surface area contributed by atoms with E-state index in [4.69, 9.17) is 20.7 Å². The first kappa shape index (κ1) is 12.7. The average Bonchev–Trinajstić information content (AvgIpc) is 2.19. The quantitative estimate of drug-likeness (QED) is 0.783. The van der Waals surface area contributed by atoms with Gasteiger partial charge in [0.2, 0.25) is 0 Å². The highest BCUT2D eigenvalue weighted by molar-refractivity contribution is 8.13. The molecule has 0 aromatic heterocycles. The van der Waals surface area contributed by atoms with Crippen LogP contribution in [0.1, 0.15) is 6.92 Å². The fourth-order valence-electron chi connectivity index (χ4n) is 0.987. The molecule has 0 spiro atoms. The van der Waals surface area contributed by atoms with E-state index in [1.807, 2.05) is 0 Å². The van der Waals surface area contributed by atoms with Gasteiger partial charge in [-0.05, 0) is 25.1 Å². The lowest BCUT2D eigenvalue weighted by Gasteiger charge is -2.10. The van der Waals surface area contributed by atoms with Gasteiger partial charge in [0.15, 0.2) is 6.10 Å². The van der Waals surface area contributed by atoms with Crippen molar-refractivity contribution >= 4 is 19.7 Å². The van der Waals surface area contributed by atoms with Gasteiger partial charge >= 0.3 is 0 Å². The minimum Gasteiger partial charge on any atom is -0.474 e. The van der Waals surface area contributed by atoms with Crippen molar-refractivity contribution in [3.05, 3.63) is 24.0 Å². The lowest BCUT2D eigenvalue weighted by molar-refractivity contribution is 0.269. The van der Waals surface area contributed by atoms with Gasteiger partial charge in [0, 0.05) is 10.7 Å². The zero-order valence-corrected chi connectivity index (χ0v) is 9.72. The summed E-state index contributed by atoms with van der Waals surface area (Å²) in [7, 11) is 0.993. The van der Waals surface area contributed by atoms with Crippen LogP contribution in [0.15, 0.2) is 23.1 Å². The predicted molar refractivity (Wildman–Crippen MR) is 55.1 cm³/mol. The minimum absolute atomic E-state index is 0.148. The van der Waals surface area contributed by atoms with E-state index >= 15 is 0 Å². The summed E-state index contributed by atoms with van der Waals surface area (Å²) < 4.78 is 40.1. The maximum atomic E-state index is 12.9. The summed E-state index contributed by atoms with van der Waals surface area (Å²) in [5, 5.41) is 8.51. The Balaban J connectivity index is 3.25. The maximum absolute atomic E-state index is 12.9. The van der Waals surface area contributed by atoms with Crippen molar-refractivity contribution in [2.24, 2.45) is 0 Å². The van der Waals surface area contributed by atoms with Crippen LogP contribution in [0.4, 0.5) is 4.39 Å². The first-order valence-corrected chi connectivity index (χ1v) is 6.46. The van der Waals surface area contributed by atoms with Crippen LogP contribution in [-0.2, 0) is 9.05 Å². The summed E-state index contributed by atoms with van der Waals surface area (Å²) in [6.07, 6.45) is -0.859. The van der Waals surface area contributed by atoms with Crippen LogP contribution in [0.25, 0.3) is 0 Å². The van der Waals surface area contributed by atoms with Gasteiger partial charge in [-0.2, -0.15) is 5.26 Å². The Kier molecular flexibility index (Phi) is 3.73. The molecule has 0 amide bonds. The summed E-state index contributed by atoms with van der Waals surface area (Å²) in [6.45, 7) is 1.42. The lowest BCUT2D eigenvalue weighted by Crippen LogP contribution is -2.10. The summed E-state index contributed by atoms with van der Waals surface area (Å²) in [6, 6.07) is 4.62. The normalized spacial score (nSPS) is 12.9. The Morgan fingerprint density at radius 1 is 1.56 bits per heavy atom. The minimum atomic E-state index is -4.11. The van der Waals surface area contributed by atoms with Gasteiger partial charge in [-0.15, -0.1) is 0 Å². The number of halogens is 2. The van der Waals surface area contributed by atoms with Crippen LogP contribution in [0.5, 0.6) is 5.75 Å². The fourth-order valence-corrected chi connectivity index (χ4v) is 1.96. The summed E-state index contributed by atoms with van der Waals surface area (Å²) in [4.78, 5) is -0.490. The van der Waals surface area contributed by atoms with Crippen LogP contribution in [0.3, 0.4) is 0 Å². The average molecular weight is 264 g/mol. The summed E-state index contributed by atoms with van der Waals surface area (Å²) in [5.41, 5.74) is 0. The van der Waals surface area contributed by atoms with Crippen LogP contribution in [-0.4, -0.2) is 14.5 Å². The highest BCUT2D eigenvalue weighted by Gasteiger charge is 2.19. The number of rotatable bonds is 3. The molecule has 86 valence electrons. The first-order valence-electron chi connectivity index (χ1n) is 4.15. The molecule has 1 rings (SSSR count). The zero-order chi connectivity index (χ0) is 12.3. The molecule has 0 radical (unpaired) electrons. The number of nitriles is 1. The Labute approximate surface area is 96.6 Å². The molecule has 1 unspecified atom stereocenters. The van der Waals surface area contributed by atoms with Crippen LogP contribution in [0.2, 0.25) is 0 Å². The second-order valence-electron chi connectivity index (χ2n) is 2.92. The number of ether oxygens (including phenoxy) is 1. The van der Waals surface area contributed by atoms with Gasteiger partial charge in [0.1, 0.15) is 22.5 Å². The zero-order valence-electron chi connectivity index (χ0n) is 8.15. The molecule has 0 bridgehead atoms. The van der Waals surface area contributed by atoms with Crippen molar-refractivity contribution in [3.63, 3.8) is 0 Å². The van der Waals surface area contributed by atoms with E-state index in [0.29, 0.717) is 0 Å². The molecular weight excluding hydrogens is 257 g/mol. The number of nitrogens with zero attached hydrogens (tertiary/aromatic N) is 1. The highest BCUT2D eigenvalue weighted by Crippen LogP contribution is 2.28. The molecular formula is C9H7ClFNO3S. The Morgan fingerprint density at radius 3 is 2.69 bits per heavy atom. The monoisotopic (exact) mass is 263 g/mol. The summed E-state index contributed by atoms with van der Waals surface area (Å²) in [5.74, 6) is -0.901. The molecule has 4 nitrogen and oxygen atoms in total. The molecule has 7 heteroatoms. The van der Waals surface area contributed by atoms with E-state index < -0.39 is 25.9 Å². The van der Waals surface area contributed by atoms with Gasteiger partial charge in [-0.1, -0.05) is 0 Å². The van der Waals surface area contributed by atoms with E-state index in [9.17, 15) is 12.8 Å². The third-order valence-corrected chi connectivity index (χ3v) is 3.00. The molecule has 0 aliphatic rings. The SMILES string of the molecule is CC(C#N)Oc1ccc(F)cc1S(=O)(=O)Cl. The second-order valence-corrected chi connectivity index (χ2v) is 5.45. The molecule has 1 aromatic carbocycles. The fraction of sp³-hybridized carbons (Fsp3) is 0.222. The molecule has 0 aliphatic carbocycles. The second kappa shape index (κ2) is 4.68. The van der Waals surface area contributed by atoms with Crippen molar-refractivity contribution in [1.29, 1.82) is 5.26 Å². The number of hydrogen-bond donors (Lipinski definition) is 0. The van der Waals surface area contributed by atoms with Crippen molar-refractivity contribution < 1.29 is 17.5 Å². The lowest BCUT2D eigenvalue weighted by atomic mass is 10.3. The molecule has 0 fully saturated rings. The highest BCUT2D eigenvalue weighted by atomic mass is 35.7. The predicted octanol–water partition coefficient (Wildman–Crippen LogP) is 2.04. The van der Waals surface area contributed by atoms with Gasteiger partial charge in [0.05, 0.1) is 0 Å². The molecule has 1 atom stereocenters. The largest absolute Gasteiger partial charge is 0.474 e. The van der Waals surface area contributed by atoms with Crippen molar-refractivity contribution in [2.75, 3.05) is 0 Å². The molecule has 0 saturated carbocycles. The van der Waals surface area contributed by atoms with E-state index in [-0.39, 0.29) is 5.75 Å². The Bertz CT molecular complexity index is 538. The van der Waals surface area contributed by atoms with Gasteiger partial charge < -0.3 is 4.74 Å². The van der Waals surface area contributed by atoms with Gasteiger partial charge in [0.25, 0.3) is 9.05 Å². The maximum Gasteiger partial charge on any atom is 0.265 e. The van der Waals surface area contributed by atoms with E-state index in [0.717, 1.165) is 18.2 Å². The van der Waals surface area contributed by atoms with Crippen molar-refractivity contribution in [2.45, 2.75) is 17.9 Å². The van der Waals surface area contributed by atoms with Crippen LogP contribution in [0, 0.1) is 17.1 Å². The molecule has 16 heavy (non-hydrogen) atoms. The molecule has 0 heterocycles. The first-order chi connectivity index (χ1) is 7.34. The van der Waals surface area contributed by atoms with Crippen LogP contribution < -0.4 is 4.74 Å². The van der Waals surface area contributed by atoms with E-state index in [1.165, 1.54) is 6.92 Å². The van der Waals surface area contributed by atoms with Gasteiger partial charge in [-0.3, -0.25) is 0 Å². The Morgan fingerprint density at radius 2 is 2.19 bits per heavy atom. The third kappa shape index (κ3) is 3.08. The number of benzene rings is 1. The van der Waals surface area contributed by atoms with Gasteiger partial charge in [-0.25, -0.2) is 12.8 Å². The third-order valence-electron chi connectivity index (χ3n) is 1.65.